The molecule has 134 valence electrons. The topological polar surface area (TPSA) is 49.8 Å². The zero-order valence-electron chi connectivity index (χ0n) is 14.7. The van der Waals surface area contributed by atoms with Crippen LogP contribution < -0.4 is 4.74 Å². The van der Waals surface area contributed by atoms with Gasteiger partial charge in [-0.15, -0.1) is 11.8 Å². The summed E-state index contributed by atoms with van der Waals surface area (Å²) in [6, 6.07) is 17.4. The standard InChI is InChI=1S/C20H25NO3S/c1-16-7-6-10-18(13-16)24-12-11-21(2)20(23)15-25-14-19(22)17-8-4-3-5-9-17/h3-10,13,19,22H,11-12,14-15H2,1-2H3. The minimum atomic E-state index is -0.547. The number of hydrogen-bond donors (Lipinski definition) is 1. The lowest BCUT2D eigenvalue weighted by Gasteiger charge is -2.18. The number of rotatable bonds is 9. The Morgan fingerprint density at radius 2 is 1.96 bits per heavy atom. The monoisotopic (exact) mass is 359 g/mol. The van der Waals surface area contributed by atoms with E-state index in [-0.39, 0.29) is 5.91 Å². The first-order chi connectivity index (χ1) is 12.1. The summed E-state index contributed by atoms with van der Waals surface area (Å²) in [7, 11) is 1.77. The smallest absolute Gasteiger partial charge is 0.232 e. The Hall–Kier alpha value is -1.98. The molecule has 0 fully saturated rings. The van der Waals surface area contributed by atoms with Crippen LogP contribution in [0.25, 0.3) is 0 Å². The molecule has 25 heavy (non-hydrogen) atoms. The third kappa shape index (κ3) is 6.80. The summed E-state index contributed by atoms with van der Waals surface area (Å²) in [5, 5.41) is 10.1. The fourth-order valence-electron chi connectivity index (χ4n) is 2.27. The molecule has 1 unspecified atom stereocenters. The van der Waals surface area contributed by atoms with Gasteiger partial charge in [0.1, 0.15) is 12.4 Å². The number of likely N-dealkylation sites (N-methyl/N-ethyl adjacent to an activating group) is 1. The van der Waals surface area contributed by atoms with Crippen LogP contribution in [0.4, 0.5) is 0 Å². The lowest BCUT2D eigenvalue weighted by molar-refractivity contribution is -0.127. The quantitative estimate of drug-likeness (QED) is 0.746. The number of carbonyl (C=O) groups excluding carboxylic acids is 1. The SMILES string of the molecule is Cc1cccc(OCCN(C)C(=O)CSCC(O)c2ccccc2)c1. The number of aryl methyl sites for hydroxylation is 1. The van der Waals surface area contributed by atoms with E-state index in [1.165, 1.54) is 11.8 Å². The van der Waals surface area contributed by atoms with Crippen LogP contribution in [0.15, 0.2) is 54.6 Å². The van der Waals surface area contributed by atoms with Gasteiger partial charge in [-0.25, -0.2) is 0 Å². The highest BCUT2D eigenvalue weighted by atomic mass is 32.2. The molecule has 0 radical (unpaired) electrons. The Kier molecular flexibility index (Phi) is 7.82. The van der Waals surface area contributed by atoms with Crippen molar-refractivity contribution in [3.05, 3.63) is 65.7 Å². The molecule has 0 saturated heterocycles. The van der Waals surface area contributed by atoms with Gasteiger partial charge in [0.15, 0.2) is 0 Å². The molecule has 0 bridgehead atoms. The first kappa shape index (κ1) is 19.3. The van der Waals surface area contributed by atoms with E-state index in [9.17, 15) is 9.90 Å². The molecule has 4 nitrogen and oxygen atoms in total. The molecule has 0 aromatic heterocycles. The number of hydrogen-bond acceptors (Lipinski definition) is 4. The highest BCUT2D eigenvalue weighted by Gasteiger charge is 2.12. The zero-order chi connectivity index (χ0) is 18.1. The average molecular weight is 359 g/mol. The molecule has 2 aromatic rings. The maximum atomic E-state index is 12.1. The van der Waals surface area contributed by atoms with E-state index in [0.717, 1.165) is 16.9 Å². The van der Waals surface area contributed by atoms with E-state index < -0.39 is 6.10 Å². The second-order valence-corrected chi connectivity index (χ2v) is 6.95. The third-order valence-corrected chi connectivity index (χ3v) is 4.80. The van der Waals surface area contributed by atoms with Crippen molar-refractivity contribution in [2.24, 2.45) is 0 Å². The van der Waals surface area contributed by atoms with Crippen LogP contribution in [0.1, 0.15) is 17.2 Å². The Bertz CT molecular complexity index is 663. The van der Waals surface area contributed by atoms with Gasteiger partial charge in [-0.1, -0.05) is 42.5 Å². The van der Waals surface area contributed by atoms with E-state index in [1.807, 2.05) is 61.5 Å². The lowest BCUT2D eigenvalue weighted by atomic mass is 10.1. The van der Waals surface area contributed by atoms with E-state index in [0.29, 0.717) is 24.7 Å². The van der Waals surface area contributed by atoms with Gasteiger partial charge in [-0.2, -0.15) is 0 Å². The molecular formula is C20H25NO3S. The highest BCUT2D eigenvalue weighted by molar-refractivity contribution is 7.99. The van der Waals surface area contributed by atoms with Crippen molar-refractivity contribution in [1.29, 1.82) is 0 Å². The van der Waals surface area contributed by atoms with Crippen LogP contribution in [-0.2, 0) is 4.79 Å². The molecule has 2 aromatic carbocycles. The minimum absolute atomic E-state index is 0.0399. The predicted octanol–water partition coefficient (Wildman–Crippen LogP) is 3.30. The molecule has 0 spiro atoms. The largest absolute Gasteiger partial charge is 0.492 e. The van der Waals surface area contributed by atoms with Crippen molar-refractivity contribution >= 4 is 17.7 Å². The summed E-state index contributed by atoms with van der Waals surface area (Å²) in [5.41, 5.74) is 2.03. The highest BCUT2D eigenvalue weighted by Crippen LogP contribution is 2.18. The number of benzene rings is 2. The van der Waals surface area contributed by atoms with Crippen molar-refractivity contribution in [3.63, 3.8) is 0 Å². The molecule has 0 aliphatic carbocycles. The van der Waals surface area contributed by atoms with Crippen LogP contribution in [0.2, 0.25) is 0 Å². The van der Waals surface area contributed by atoms with Crippen molar-refractivity contribution in [2.75, 3.05) is 31.7 Å². The van der Waals surface area contributed by atoms with E-state index in [2.05, 4.69) is 0 Å². The molecule has 5 heteroatoms. The van der Waals surface area contributed by atoms with Crippen LogP contribution in [0.3, 0.4) is 0 Å². The fourth-order valence-corrected chi connectivity index (χ4v) is 3.20. The minimum Gasteiger partial charge on any atom is -0.492 e. The number of carbonyl (C=O) groups is 1. The van der Waals surface area contributed by atoms with Crippen LogP contribution >= 0.6 is 11.8 Å². The van der Waals surface area contributed by atoms with E-state index >= 15 is 0 Å². The number of aliphatic hydroxyl groups excluding tert-OH is 1. The first-order valence-corrected chi connectivity index (χ1v) is 9.46. The summed E-state index contributed by atoms with van der Waals surface area (Å²) in [4.78, 5) is 13.8. The van der Waals surface area contributed by atoms with Gasteiger partial charge in [0.25, 0.3) is 0 Å². The molecular weight excluding hydrogens is 334 g/mol. The maximum Gasteiger partial charge on any atom is 0.232 e. The summed E-state index contributed by atoms with van der Waals surface area (Å²) in [6.07, 6.45) is -0.547. The van der Waals surface area contributed by atoms with Crippen molar-refractivity contribution in [1.82, 2.24) is 4.90 Å². The normalized spacial score (nSPS) is 11.8. The van der Waals surface area contributed by atoms with E-state index in [4.69, 9.17) is 4.74 Å². The Morgan fingerprint density at radius 3 is 2.68 bits per heavy atom. The maximum absolute atomic E-state index is 12.1. The molecule has 1 atom stereocenters. The summed E-state index contributed by atoms with van der Waals surface area (Å²) >= 11 is 1.44. The average Bonchev–Trinajstić information content (AvgIpc) is 2.62. The van der Waals surface area contributed by atoms with E-state index in [1.54, 1.807) is 11.9 Å². The number of thioether (sulfide) groups is 1. The molecule has 0 aliphatic heterocycles. The summed E-state index contributed by atoms with van der Waals surface area (Å²) in [6.45, 7) is 3.02. The molecule has 0 heterocycles. The van der Waals surface area contributed by atoms with Crippen molar-refractivity contribution in [2.45, 2.75) is 13.0 Å². The molecule has 1 amide bonds. The van der Waals surface area contributed by atoms with Gasteiger partial charge < -0.3 is 14.7 Å². The van der Waals surface area contributed by atoms with Crippen LogP contribution in [-0.4, -0.2) is 47.6 Å². The summed E-state index contributed by atoms with van der Waals surface area (Å²) in [5.74, 6) is 1.72. The molecule has 0 saturated carbocycles. The van der Waals surface area contributed by atoms with Gasteiger partial charge in [0, 0.05) is 12.8 Å². The number of ether oxygens (including phenoxy) is 1. The van der Waals surface area contributed by atoms with Gasteiger partial charge in [-0.3, -0.25) is 4.79 Å². The Morgan fingerprint density at radius 1 is 1.20 bits per heavy atom. The predicted molar refractivity (Wildman–Crippen MR) is 103 cm³/mol. The van der Waals surface area contributed by atoms with Gasteiger partial charge in [-0.05, 0) is 30.2 Å². The Labute approximate surface area is 153 Å². The fraction of sp³-hybridized carbons (Fsp3) is 0.350. The zero-order valence-corrected chi connectivity index (χ0v) is 15.5. The van der Waals surface area contributed by atoms with Crippen molar-refractivity contribution in [3.8, 4) is 5.75 Å². The Balaban J connectivity index is 1.64. The van der Waals surface area contributed by atoms with Gasteiger partial charge in [0.2, 0.25) is 5.91 Å². The molecule has 0 aliphatic rings. The number of aliphatic hydroxyl groups is 1. The number of nitrogens with zero attached hydrogens (tertiary/aromatic N) is 1. The third-order valence-electron chi connectivity index (χ3n) is 3.80. The number of amides is 1. The van der Waals surface area contributed by atoms with Crippen LogP contribution in [0.5, 0.6) is 5.75 Å². The van der Waals surface area contributed by atoms with Gasteiger partial charge in [0.05, 0.1) is 18.4 Å². The molecule has 2 rings (SSSR count). The summed E-state index contributed by atoms with van der Waals surface area (Å²) < 4.78 is 5.67. The van der Waals surface area contributed by atoms with Crippen molar-refractivity contribution < 1.29 is 14.6 Å². The van der Waals surface area contributed by atoms with Gasteiger partial charge >= 0.3 is 0 Å². The first-order valence-electron chi connectivity index (χ1n) is 8.30. The second-order valence-electron chi connectivity index (χ2n) is 5.92. The lowest BCUT2D eigenvalue weighted by Crippen LogP contribution is -2.32. The van der Waals surface area contributed by atoms with Crippen LogP contribution in [0, 0.1) is 6.92 Å². The molecule has 1 N–H and O–H groups in total. The second kappa shape index (κ2) is 10.1.